The summed E-state index contributed by atoms with van der Waals surface area (Å²) in [4.78, 5) is 15.7. The molecule has 2 rings (SSSR count). The molecule has 2 aromatic rings. The van der Waals surface area contributed by atoms with E-state index in [1.54, 1.807) is 19.5 Å². The van der Waals surface area contributed by atoms with Gasteiger partial charge in [-0.3, -0.25) is 9.78 Å². The molecule has 0 aliphatic carbocycles. The van der Waals surface area contributed by atoms with Crippen LogP contribution in [0.1, 0.15) is 5.56 Å². The second-order valence-electron chi connectivity index (χ2n) is 4.56. The number of amides is 1. The van der Waals surface area contributed by atoms with E-state index in [1.165, 1.54) is 5.56 Å². The molecular formula is C16H19N3O2. The lowest BCUT2D eigenvalue weighted by molar-refractivity contribution is -0.115. The number of hydrogen-bond donors (Lipinski definition) is 2. The van der Waals surface area contributed by atoms with Crippen molar-refractivity contribution in [3.63, 3.8) is 0 Å². The zero-order valence-electron chi connectivity index (χ0n) is 12.0. The maximum absolute atomic E-state index is 11.8. The molecule has 110 valence electrons. The molecule has 0 aliphatic heterocycles. The maximum Gasteiger partial charge on any atom is 0.238 e. The Kier molecular flexibility index (Phi) is 5.72. The summed E-state index contributed by atoms with van der Waals surface area (Å²) in [5.74, 6) is 0.707. The standard InChI is InChI=1S/C16H19N3O2/c1-21-15-4-2-14(3-5-15)19-16(20)12-18-11-8-13-6-9-17-10-7-13/h2-7,9-10,18H,8,11-12H2,1H3,(H,19,20). The number of aromatic nitrogens is 1. The number of nitrogens with one attached hydrogen (secondary N) is 2. The summed E-state index contributed by atoms with van der Waals surface area (Å²) in [5, 5.41) is 5.94. The van der Waals surface area contributed by atoms with Crippen molar-refractivity contribution in [2.75, 3.05) is 25.5 Å². The third-order valence-corrected chi connectivity index (χ3v) is 3.00. The van der Waals surface area contributed by atoms with E-state index in [0.717, 1.165) is 24.4 Å². The van der Waals surface area contributed by atoms with E-state index in [0.29, 0.717) is 0 Å². The number of carbonyl (C=O) groups excluding carboxylic acids is 1. The molecule has 0 aliphatic rings. The number of hydrogen-bond acceptors (Lipinski definition) is 4. The van der Waals surface area contributed by atoms with Crippen molar-refractivity contribution < 1.29 is 9.53 Å². The summed E-state index contributed by atoms with van der Waals surface area (Å²) in [6, 6.07) is 11.2. The fraction of sp³-hybridized carbons (Fsp3) is 0.250. The van der Waals surface area contributed by atoms with E-state index in [1.807, 2.05) is 36.4 Å². The average molecular weight is 285 g/mol. The van der Waals surface area contributed by atoms with Gasteiger partial charge in [-0.25, -0.2) is 0 Å². The molecule has 21 heavy (non-hydrogen) atoms. The Morgan fingerprint density at radius 2 is 1.86 bits per heavy atom. The molecule has 0 radical (unpaired) electrons. The van der Waals surface area contributed by atoms with Crippen molar-refractivity contribution in [1.82, 2.24) is 10.3 Å². The highest BCUT2D eigenvalue weighted by molar-refractivity contribution is 5.92. The van der Waals surface area contributed by atoms with E-state index < -0.39 is 0 Å². The second kappa shape index (κ2) is 8.01. The summed E-state index contributed by atoms with van der Waals surface area (Å²) in [6.07, 6.45) is 4.41. The topological polar surface area (TPSA) is 63.2 Å². The van der Waals surface area contributed by atoms with Gasteiger partial charge >= 0.3 is 0 Å². The minimum Gasteiger partial charge on any atom is -0.497 e. The maximum atomic E-state index is 11.8. The first-order valence-electron chi connectivity index (χ1n) is 6.81. The van der Waals surface area contributed by atoms with Crippen LogP contribution < -0.4 is 15.4 Å². The molecule has 1 heterocycles. The average Bonchev–Trinajstić information content (AvgIpc) is 2.53. The zero-order valence-corrected chi connectivity index (χ0v) is 12.0. The Bertz CT molecular complexity index is 555. The fourth-order valence-corrected chi connectivity index (χ4v) is 1.86. The highest BCUT2D eigenvalue weighted by atomic mass is 16.5. The molecule has 0 saturated carbocycles. The number of nitrogens with zero attached hydrogens (tertiary/aromatic N) is 1. The van der Waals surface area contributed by atoms with Crippen molar-refractivity contribution in [1.29, 1.82) is 0 Å². The molecule has 1 amide bonds. The molecule has 1 aromatic heterocycles. The van der Waals surface area contributed by atoms with Gasteiger partial charge in [-0.15, -0.1) is 0 Å². The number of ether oxygens (including phenoxy) is 1. The van der Waals surface area contributed by atoms with Gasteiger partial charge in [0.25, 0.3) is 0 Å². The zero-order chi connectivity index (χ0) is 14.9. The first kappa shape index (κ1) is 15.0. The number of carbonyl (C=O) groups is 1. The summed E-state index contributed by atoms with van der Waals surface area (Å²) in [5.41, 5.74) is 1.96. The molecule has 5 nitrogen and oxygen atoms in total. The second-order valence-corrected chi connectivity index (χ2v) is 4.56. The molecule has 0 spiro atoms. The fourth-order valence-electron chi connectivity index (χ4n) is 1.86. The summed E-state index contributed by atoms with van der Waals surface area (Å²) in [6.45, 7) is 1.04. The van der Waals surface area contributed by atoms with E-state index >= 15 is 0 Å². The van der Waals surface area contributed by atoms with Crippen LogP contribution in [0.25, 0.3) is 0 Å². The molecule has 0 bridgehead atoms. The SMILES string of the molecule is COc1ccc(NC(=O)CNCCc2ccncc2)cc1. The quantitative estimate of drug-likeness (QED) is 0.762. The first-order valence-corrected chi connectivity index (χ1v) is 6.81. The van der Waals surface area contributed by atoms with Gasteiger partial charge in [-0.05, 0) is 54.9 Å². The molecule has 1 aromatic carbocycles. The predicted molar refractivity (Wildman–Crippen MR) is 82.4 cm³/mol. The van der Waals surface area contributed by atoms with E-state index in [-0.39, 0.29) is 12.5 Å². The van der Waals surface area contributed by atoms with Crippen LogP contribution in [0.2, 0.25) is 0 Å². The molecule has 0 fully saturated rings. The van der Waals surface area contributed by atoms with Crippen LogP contribution in [0.3, 0.4) is 0 Å². The van der Waals surface area contributed by atoms with Gasteiger partial charge in [-0.1, -0.05) is 0 Å². The van der Waals surface area contributed by atoms with Crippen molar-refractivity contribution in [3.05, 3.63) is 54.4 Å². The normalized spacial score (nSPS) is 10.1. The van der Waals surface area contributed by atoms with Gasteiger partial charge in [-0.2, -0.15) is 0 Å². The van der Waals surface area contributed by atoms with Gasteiger partial charge < -0.3 is 15.4 Å². The Morgan fingerprint density at radius 1 is 1.14 bits per heavy atom. The summed E-state index contributed by atoms with van der Waals surface area (Å²) < 4.78 is 5.07. The Balaban J connectivity index is 1.67. The lowest BCUT2D eigenvalue weighted by Crippen LogP contribution is -2.29. The molecular weight excluding hydrogens is 266 g/mol. The molecule has 0 atom stereocenters. The lowest BCUT2D eigenvalue weighted by Gasteiger charge is -2.07. The molecule has 0 unspecified atom stereocenters. The highest BCUT2D eigenvalue weighted by Gasteiger charge is 2.02. The highest BCUT2D eigenvalue weighted by Crippen LogP contribution is 2.14. The number of anilines is 1. The molecule has 5 heteroatoms. The summed E-state index contributed by atoms with van der Waals surface area (Å²) in [7, 11) is 1.61. The minimum atomic E-state index is -0.0603. The first-order chi connectivity index (χ1) is 10.3. The predicted octanol–water partition coefficient (Wildman–Crippen LogP) is 1.86. The minimum absolute atomic E-state index is 0.0603. The Hall–Kier alpha value is -2.40. The van der Waals surface area contributed by atoms with Crippen molar-refractivity contribution >= 4 is 11.6 Å². The number of pyridine rings is 1. The van der Waals surface area contributed by atoms with Gasteiger partial charge in [0, 0.05) is 18.1 Å². The van der Waals surface area contributed by atoms with E-state index in [4.69, 9.17) is 4.74 Å². The van der Waals surface area contributed by atoms with Crippen molar-refractivity contribution in [3.8, 4) is 5.75 Å². The molecule has 2 N–H and O–H groups in total. The van der Waals surface area contributed by atoms with Gasteiger partial charge in [0.2, 0.25) is 5.91 Å². The van der Waals surface area contributed by atoms with Crippen LogP contribution >= 0.6 is 0 Å². The van der Waals surface area contributed by atoms with E-state index in [2.05, 4.69) is 15.6 Å². The van der Waals surface area contributed by atoms with Gasteiger partial charge in [0.1, 0.15) is 5.75 Å². The van der Waals surface area contributed by atoms with Gasteiger partial charge in [0.15, 0.2) is 0 Å². The largest absolute Gasteiger partial charge is 0.497 e. The third-order valence-electron chi connectivity index (χ3n) is 3.00. The lowest BCUT2D eigenvalue weighted by atomic mass is 10.2. The van der Waals surface area contributed by atoms with Crippen LogP contribution in [0, 0.1) is 0 Å². The van der Waals surface area contributed by atoms with Crippen LogP contribution in [-0.4, -0.2) is 31.1 Å². The Labute approximate surface area is 124 Å². The number of methoxy groups -OCH3 is 1. The van der Waals surface area contributed by atoms with Crippen molar-refractivity contribution in [2.24, 2.45) is 0 Å². The Morgan fingerprint density at radius 3 is 2.52 bits per heavy atom. The number of benzene rings is 1. The van der Waals surface area contributed by atoms with Crippen LogP contribution in [0.4, 0.5) is 5.69 Å². The summed E-state index contributed by atoms with van der Waals surface area (Å²) >= 11 is 0. The molecule has 0 saturated heterocycles. The van der Waals surface area contributed by atoms with Crippen molar-refractivity contribution in [2.45, 2.75) is 6.42 Å². The monoisotopic (exact) mass is 285 g/mol. The van der Waals surface area contributed by atoms with Crippen LogP contribution in [-0.2, 0) is 11.2 Å². The van der Waals surface area contributed by atoms with Crippen LogP contribution in [0.5, 0.6) is 5.75 Å². The van der Waals surface area contributed by atoms with Gasteiger partial charge in [0.05, 0.1) is 13.7 Å². The third kappa shape index (κ3) is 5.24. The smallest absolute Gasteiger partial charge is 0.238 e. The van der Waals surface area contributed by atoms with E-state index in [9.17, 15) is 4.79 Å². The number of rotatable bonds is 7. The van der Waals surface area contributed by atoms with Crippen LogP contribution in [0.15, 0.2) is 48.8 Å².